The van der Waals surface area contributed by atoms with Crippen LogP contribution in [0.1, 0.15) is 30.6 Å². The van der Waals surface area contributed by atoms with Crippen molar-refractivity contribution >= 4 is 23.6 Å². The van der Waals surface area contributed by atoms with E-state index >= 15 is 0 Å². The van der Waals surface area contributed by atoms with Gasteiger partial charge < -0.3 is 9.64 Å². The fraction of sp³-hybridized carbons (Fsp3) is 0.562. The van der Waals surface area contributed by atoms with Crippen LogP contribution in [0, 0.1) is 11.8 Å². The number of rotatable bonds is 5. The predicted octanol–water partition coefficient (Wildman–Crippen LogP) is 3.06. The minimum Gasteiger partial charge on any atom is -0.452 e. The quantitative estimate of drug-likeness (QED) is 0.598. The molecule has 1 aliphatic rings. The van der Waals surface area contributed by atoms with Crippen LogP contribution >= 0.6 is 11.8 Å². The van der Waals surface area contributed by atoms with E-state index in [0.29, 0.717) is 24.9 Å². The van der Waals surface area contributed by atoms with Gasteiger partial charge in [0.25, 0.3) is 11.7 Å². The Balaban J connectivity index is 1.94. The third-order valence-corrected chi connectivity index (χ3v) is 4.47. The molecule has 2 unspecified atom stereocenters. The average molecular weight is 358 g/mol. The normalized spacial score (nSPS) is 21.0. The van der Waals surface area contributed by atoms with Crippen LogP contribution in [-0.2, 0) is 9.53 Å². The molecule has 8 heteroatoms. The van der Waals surface area contributed by atoms with Crippen LogP contribution in [0.2, 0.25) is 0 Å². The van der Waals surface area contributed by atoms with E-state index in [1.807, 2.05) is 0 Å². The van der Waals surface area contributed by atoms with E-state index in [4.69, 9.17) is 4.74 Å². The number of halogens is 2. The maximum atomic E-state index is 12.5. The molecule has 1 saturated heterocycles. The molecule has 0 radical (unpaired) electrons. The van der Waals surface area contributed by atoms with E-state index in [2.05, 4.69) is 18.8 Å². The number of carbonyl (C=O) groups excluding carboxylic acids is 2. The SMILES string of the molecule is CC1CC(C)CN(C(=O)COC(=O)c2cccnc2SC(F)F)C1. The van der Waals surface area contributed by atoms with E-state index in [-0.39, 0.29) is 28.3 Å². The van der Waals surface area contributed by atoms with Gasteiger partial charge in [0.15, 0.2) is 6.61 Å². The van der Waals surface area contributed by atoms with Gasteiger partial charge in [-0.3, -0.25) is 4.79 Å². The molecule has 2 rings (SSSR count). The Morgan fingerprint density at radius 3 is 2.67 bits per heavy atom. The number of esters is 1. The van der Waals surface area contributed by atoms with Crippen LogP contribution in [-0.4, -0.2) is 47.2 Å². The second-order valence-corrected chi connectivity index (χ2v) is 7.03. The average Bonchev–Trinajstić information content (AvgIpc) is 2.51. The molecule has 0 aromatic carbocycles. The zero-order valence-electron chi connectivity index (χ0n) is 13.6. The highest BCUT2D eigenvalue weighted by atomic mass is 32.2. The lowest BCUT2D eigenvalue weighted by molar-refractivity contribution is -0.137. The number of carbonyl (C=O) groups is 2. The van der Waals surface area contributed by atoms with E-state index in [1.54, 1.807) is 4.90 Å². The topological polar surface area (TPSA) is 59.5 Å². The minimum atomic E-state index is -2.69. The summed E-state index contributed by atoms with van der Waals surface area (Å²) in [6.45, 7) is 5.03. The van der Waals surface area contributed by atoms with Gasteiger partial charge in [-0.15, -0.1) is 0 Å². The zero-order chi connectivity index (χ0) is 17.7. The summed E-state index contributed by atoms with van der Waals surface area (Å²) in [5.41, 5.74) is -0.0593. The molecule has 0 spiro atoms. The summed E-state index contributed by atoms with van der Waals surface area (Å²) in [4.78, 5) is 29.7. The lowest BCUT2D eigenvalue weighted by Gasteiger charge is -2.34. The number of likely N-dealkylation sites (tertiary alicyclic amines) is 1. The van der Waals surface area contributed by atoms with Gasteiger partial charge in [0.05, 0.1) is 5.56 Å². The van der Waals surface area contributed by atoms with Crippen molar-refractivity contribution in [3.05, 3.63) is 23.9 Å². The van der Waals surface area contributed by atoms with Crippen LogP contribution in [0.15, 0.2) is 23.4 Å². The number of hydrogen-bond donors (Lipinski definition) is 0. The third kappa shape index (κ3) is 5.15. The molecule has 0 N–H and O–H groups in total. The number of amides is 1. The van der Waals surface area contributed by atoms with Crippen molar-refractivity contribution in [2.24, 2.45) is 11.8 Å². The van der Waals surface area contributed by atoms with E-state index in [9.17, 15) is 18.4 Å². The highest BCUT2D eigenvalue weighted by molar-refractivity contribution is 7.99. The van der Waals surface area contributed by atoms with Crippen LogP contribution < -0.4 is 0 Å². The van der Waals surface area contributed by atoms with Gasteiger partial charge in [-0.25, -0.2) is 9.78 Å². The third-order valence-electron chi connectivity index (χ3n) is 3.74. The van der Waals surface area contributed by atoms with Gasteiger partial charge in [0.2, 0.25) is 0 Å². The van der Waals surface area contributed by atoms with E-state index in [1.165, 1.54) is 18.3 Å². The van der Waals surface area contributed by atoms with Crippen LogP contribution in [0.25, 0.3) is 0 Å². The van der Waals surface area contributed by atoms with Crippen molar-refractivity contribution in [2.45, 2.75) is 31.1 Å². The van der Waals surface area contributed by atoms with E-state index in [0.717, 1.165) is 6.42 Å². The molecule has 0 aliphatic carbocycles. The molecule has 1 aliphatic heterocycles. The van der Waals surface area contributed by atoms with Crippen LogP contribution in [0.5, 0.6) is 0 Å². The van der Waals surface area contributed by atoms with Crippen LogP contribution in [0.4, 0.5) is 8.78 Å². The molecule has 5 nitrogen and oxygen atoms in total. The Morgan fingerprint density at radius 1 is 1.38 bits per heavy atom. The van der Waals surface area contributed by atoms with Gasteiger partial charge in [0, 0.05) is 19.3 Å². The van der Waals surface area contributed by atoms with Crippen LogP contribution in [0.3, 0.4) is 0 Å². The zero-order valence-corrected chi connectivity index (χ0v) is 14.4. The second-order valence-electron chi connectivity index (χ2n) is 6.06. The Kier molecular flexibility index (Phi) is 6.53. The van der Waals surface area contributed by atoms with Crippen molar-refractivity contribution in [1.29, 1.82) is 0 Å². The summed E-state index contributed by atoms with van der Waals surface area (Å²) < 4.78 is 30.0. The maximum Gasteiger partial charge on any atom is 0.341 e. The van der Waals surface area contributed by atoms with Crippen molar-refractivity contribution in [3.8, 4) is 0 Å². The molecule has 1 aromatic rings. The summed E-state index contributed by atoms with van der Waals surface area (Å²) in [5, 5.41) is -0.106. The summed E-state index contributed by atoms with van der Waals surface area (Å²) in [6.07, 6.45) is 2.39. The monoisotopic (exact) mass is 358 g/mol. The summed E-state index contributed by atoms with van der Waals surface area (Å²) >= 11 is 0.176. The molecule has 0 saturated carbocycles. The van der Waals surface area contributed by atoms with Gasteiger partial charge in [0.1, 0.15) is 5.03 Å². The first-order valence-electron chi connectivity index (χ1n) is 7.71. The smallest absolute Gasteiger partial charge is 0.341 e. The van der Waals surface area contributed by atoms with Gasteiger partial charge in [-0.1, -0.05) is 13.8 Å². The minimum absolute atomic E-state index is 0.0593. The number of nitrogens with zero attached hydrogens (tertiary/aromatic N) is 2. The molecule has 1 aromatic heterocycles. The molecule has 2 atom stereocenters. The molecule has 24 heavy (non-hydrogen) atoms. The fourth-order valence-corrected chi connectivity index (χ4v) is 3.46. The first-order chi connectivity index (χ1) is 11.4. The summed E-state index contributed by atoms with van der Waals surface area (Å²) in [6, 6.07) is 2.82. The number of aromatic nitrogens is 1. The first-order valence-corrected chi connectivity index (χ1v) is 8.59. The Bertz CT molecular complexity index is 590. The van der Waals surface area contributed by atoms with Gasteiger partial charge in [-0.2, -0.15) is 8.78 Å². The fourth-order valence-electron chi connectivity index (χ4n) is 2.89. The van der Waals surface area contributed by atoms with Crippen molar-refractivity contribution in [2.75, 3.05) is 19.7 Å². The molecular weight excluding hydrogens is 338 g/mol. The van der Waals surface area contributed by atoms with E-state index < -0.39 is 18.3 Å². The number of pyridine rings is 1. The molecule has 1 amide bonds. The van der Waals surface area contributed by atoms with Crippen molar-refractivity contribution in [1.82, 2.24) is 9.88 Å². The number of piperidine rings is 1. The van der Waals surface area contributed by atoms with Gasteiger partial charge >= 0.3 is 5.97 Å². The number of alkyl halides is 2. The number of hydrogen-bond acceptors (Lipinski definition) is 5. The predicted molar refractivity (Wildman–Crippen MR) is 85.9 cm³/mol. The molecule has 1 fully saturated rings. The molecule has 2 heterocycles. The van der Waals surface area contributed by atoms with Crippen molar-refractivity contribution < 1.29 is 23.1 Å². The largest absolute Gasteiger partial charge is 0.452 e. The summed E-state index contributed by atoms with van der Waals surface area (Å²) in [7, 11) is 0. The molecule has 0 bridgehead atoms. The highest BCUT2D eigenvalue weighted by Gasteiger charge is 2.26. The Labute approximate surface area is 143 Å². The van der Waals surface area contributed by atoms with Crippen molar-refractivity contribution in [3.63, 3.8) is 0 Å². The Hall–Kier alpha value is -1.70. The molecular formula is C16H20F2N2O3S. The highest BCUT2D eigenvalue weighted by Crippen LogP contribution is 2.26. The second kappa shape index (κ2) is 8.41. The first kappa shape index (κ1) is 18.6. The Morgan fingerprint density at radius 2 is 2.04 bits per heavy atom. The summed E-state index contributed by atoms with van der Waals surface area (Å²) in [5.74, 6) is -2.97. The lowest BCUT2D eigenvalue weighted by Crippen LogP contribution is -2.44. The standard InChI is InChI=1S/C16H20F2N2O3S/c1-10-6-11(2)8-20(7-10)13(21)9-23-15(22)12-4-3-5-19-14(12)24-16(17)18/h3-5,10-11,16H,6-9H2,1-2H3. The maximum absolute atomic E-state index is 12.5. The molecule has 132 valence electrons. The number of ether oxygens (including phenoxy) is 1. The lowest BCUT2D eigenvalue weighted by atomic mass is 9.92. The van der Waals surface area contributed by atoms with Gasteiger partial charge in [-0.05, 0) is 42.2 Å². The number of thioether (sulfide) groups is 1.